The van der Waals surface area contributed by atoms with Gasteiger partial charge in [-0.3, -0.25) is 9.74 Å². The fraction of sp³-hybridized carbons (Fsp3) is 0. The number of nitrogens with zero attached hydrogens (tertiary/aromatic N) is 1. The summed E-state index contributed by atoms with van der Waals surface area (Å²) >= 11 is 0. The highest BCUT2D eigenvalue weighted by Crippen LogP contribution is 2.38. The van der Waals surface area contributed by atoms with Crippen molar-refractivity contribution in [3.8, 4) is 17.0 Å². The molecule has 0 aliphatic rings. The van der Waals surface area contributed by atoms with Crippen LogP contribution in [-0.4, -0.2) is 16.6 Å². The Hall–Kier alpha value is -2.99. The topological polar surface area (TPSA) is 59.4 Å². The molecule has 1 heterocycles. The highest BCUT2D eigenvalue weighted by molar-refractivity contribution is 5.68. The average molecular weight is 379 g/mol. The van der Waals surface area contributed by atoms with E-state index in [2.05, 4.69) is 9.93 Å². The van der Waals surface area contributed by atoms with Gasteiger partial charge in [0, 0.05) is 4.53 Å². The number of rotatable bonds is 2. The molecule has 136 valence electrons. The first-order valence-electron chi connectivity index (χ1n) is 5.56. The Morgan fingerprint density at radius 1 is 0.760 bits per heavy atom. The number of pyridine rings is 1. The first kappa shape index (κ1) is 20.1. The van der Waals surface area contributed by atoms with Crippen LogP contribution in [0.1, 0.15) is 0 Å². The third-order valence-corrected chi connectivity index (χ3v) is 2.52. The minimum Gasteiger partial charge on any atom is -0.483 e. The second-order valence-corrected chi connectivity index (χ2v) is 3.84. The molecule has 1 aromatic carbocycles. The quantitative estimate of drug-likeness (QED) is 0.283. The molecule has 2 rings (SSSR count). The van der Waals surface area contributed by atoms with Crippen LogP contribution in [0, 0.1) is 46.7 Å². The molecule has 0 atom stereocenters. The smallest absolute Gasteiger partial charge is 0.290 e. The van der Waals surface area contributed by atoms with E-state index in [9.17, 15) is 39.6 Å². The van der Waals surface area contributed by atoms with Crippen LogP contribution in [0.2, 0.25) is 0 Å². The second-order valence-electron chi connectivity index (χ2n) is 3.84. The van der Waals surface area contributed by atoms with Gasteiger partial charge in [-0.25, -0.2) is 26.9 Å². The Balaban J connectivity index is 0.000000970. The van der Waals surface area contributed by atoms with Crippen molar-refractivity contribution in [2.45, 2.75) is 0 Å². The van der Waals surface area contributed by atoms with Crippen LogP contribution in [0.3, 0.4) is 0 Å². The molecule has 1 N–H and O–H groups in total. The lowest BCUT2D eigenvalue weighted by Gasteiger charge is -2.10. The maximum Gasteiger partial charge on any atom is 0.290 e. The van der Waals surface area contributed by atoms with Gasteiger partial charge in [-0.2, -0.15) is 13.2 Å². The molecule has 25 heavy (non-hydrogen) atoms. The fourth-order valence-electron chi connectivity index (χ4n) is 1.54. The van der Waals surface area contributed by atoms with E-state index in [1.807, 2.05) is 0 Å². The van der Waals surface area contributed by atoms with Gasteiger partial charge < -0.3 is 5.11 Å². The molecule has 0 aliphatic heterocycles. The number of aromatic nitrogens is 1. The minimum atomic E-state index is -2.57. The van der Waals surface area contributed by atoms with Gasteiger partial charge in [0.15, 0.2) is 23.3 Å². The Bertz CT molecular complexity index is 799. The van der Waals surface area contributed by atoms with Crippen molar-refractivity contribution in [1.29, 1.82) is 0 Å². The summed E-state index contributed by atoms with van der Waals surface area (Å²) in [6, 6.07) is 0. The third kappa shape index (κ3) is 3.44. The van der Waals surface area contributed by atoms with Crippen LogP contribution in [0.4, 0.5) is 39.6 Å². The van der Waals surface area contributed by atoms with E-state index in [0.29, 0.717) is 0 Å². The van der Waals surface area contributed by atoms with Crippen molar-refractivity contribution in [3.05, 3.63) is 46.7 Å². The number of carboxylic acid groups (broad SMARTS) is 1. The molecule has 2 aromatic rings. The largest absolute Gasteiger partial charge is 0.483 e. The number of hydrogen-bond donors (Lipinski definition) is 1. The van der Waals surface area contributed by atoms with Crippen molar-refractivity contribution in [1.82, 2.24) is 4.98 Å². The maximum atomic E-state index is 13.5. The summed E-state index contributed by atoms with van der Waals surface area (Å²) in [7, 11) is 0. The summed E-state index contributed by atoms with van der Waals surface area (Å²) in [5, 5.41) is 6.89. The molecule has 0 bridgehead atoms. The van der Waals surface area contributed by atoms with Gasteiger partial charge in [-0.05, 0) is 0 Å². The molecular weight excluding hydrogens is 377 g/mol. The lowest BCUT2D eigenvalue weighted by atomic mass is 10.1. The lowest BCUT2D eigenvalue weighted by Crippen LogP contribution is -2.08. The minimum absolute atomic E-state index is 0.250. The van der Waals surface area contributed by atoms with E-state index in [4.69, 9.17) is 9.90 Å². The van der Waals surface area contributed by atoms with E-state index in [1.165, 1.54) is 0 Å². The van der Waals surface area contributed by atoms with E-state index in [-0.39, 0.29) is 6.47 Å². The molecule has 0 spiro atoms. The second kappa shape index (κ2) is 7.72. The zero-order valence-electron chi connectivity index (χ0n) is 11.2. The van der Waals surface area contributed by atoms with E-state index < -0.39 is 63.7 Å². The van der Waals surface area contributed by atoms with Crippen LogP contribution in [0.25, 0.3) is 11.3 Å². The van der Waals surface area contributed by atoms with Gasteiger partial charge in [-0.1, -0.05) is 0 Å². The molecule has 0 unspecified atom stereocenters. The van der Waals surface area contributed by atoms with E-state index >= 15 is 0 Å². The van der Waals surface area contributed by atoms with Crippen LogP contribution in [0.15, 0.2) is 0 Å². The zero-order valence-corrected chi connectivity index (χ0v) is 11.2. The summed E-state index contributed by atoms with van der Waals surface area (Å²) in [6.07, 6.45) is 0. The van der Waals surface area contributed by atoms with Crippen LogP contribution in [-0.2, 0) is 4.79 Å². The fourth-order valence-corrected chi connectivity index (χ4v) is 1.54. The normalized spacial score (nSPS) is 10.1. The van der Waals surface area contributed by atoms with Crippen LogP contribution >= 0.6 is 0 Å². The molecule has 0 saturated carbocycles. The highest BCUT2D eigenvalue weighted by atomic mass is 19.3. The molecule has 1 aromatic heterocycles. The first-order valence-corrected chi connectivity index (χ1v) is 5.56. The predicted octanol–water partition coefficient (Wildman–Crippen LogP) is 3.83. The summed E-state index contributed by atoms with van der Waals surface area (Å²) in [5.74, 6) is -21.7. The van der Waals surface area contributed by atoms with Crippen LogP contribution in [0.5, 0.6) is 5.75 Å². The van der Waals surface area contributed by atoms with E-state index in [0.717, 1.165) is 0 Å². The summed E-state index contributed by atoms with van der Waals surface area (Å²) in [6.45, 7) is -0.250. The number of benzene rings is 1. The van der Waals surface area contributed by atoms with Crippen molar-refractivity contribution >= 4 is 6.47 Å². The number of halogens is 9. The number of carbonyl (C=O) groups is 1. The number of hydrogen-bond acceptors (Lipinski definition) is 3. The Morgan fingerprint density at radius 2 is 1.16 bits per heavy atom. The van der Waals surface area contributed by atoms with Crippen molar-refractivity contribution in [2.75, 3.05) is 0 Å². The molecule has 0 radical (unpaired) electrons. The average Bonchev–Trinajstić information content (AvgIpc) is 2.57. The molecule has 0 fully saturated rings. The zero-order chi connectivity index (χ0) is 19.5. The SMILES string of the molecule is FOc1c(-c2c(F)c(F)c(F)c(F)c2F)nc(F)c(F)c1F.O=CO. The Morgan fingerprint density at radius 3 is 1.56 bits per heavy atom. The summed E-state index contributed by atoms with van der Waals surface area (Å²) < 4.78 is 117. The lowest BCUT2D eigenvalue weighted by molar-refractivity contribution is -0.122. The standard InChI is InChI=1S/C11F9NO.CH2O2/c12-2-1(3(13)5(15)6(16)4(2)14)9-10(22-20)7(17)8(18)11(19)21-9;2-1-3/h;1H,(H,2,3). The third-order valence-electron chi connectivity index (χ3n) is 2.52. The Labute approximate surface area is 131 Å². The van der Waals surface area contributed by atoms with Gasteiger partial charge in [0.05, 0.1) is 5.56 Å². The molecular formula is C12H2F9NO3. The monoisotopic (exact) mass is 379 g/mol. The van der Waals surface area contributed by atoms with Gasteiger partial charge in [0.25, 0.3) is 12.4 Å². The molecule has 4 nitrogen and oxygen atoms in total. The van der Waals surface area contributed by atoms with Gasteiger partial charge in [0.1, 0.15) is 5.69 Å². The van der Waals surface area contributed by atoms with Gasteiger partial charge in [0.2, 0.25) is 23.2 Å². The molecule has 0 saturated heterocycles. The van der Waals surface area contributed by atoms with Crippen LogP contribution < -0.4 is 4.94 Å². The summed E-state index contributed by atoms with van der Waals surface area (Å²) in [4.78, 5) is 13.6. The van der Waals surface area contributed by atoms with Crippen molar-refractivity contribution in [3.63, 3.8) is 0 Å². The molecule has 13 heteroatoms. The van der Waals surface area contributed by atoms with Crippen molar-refractivity contribution in [2.24, 2.45) is 0 Å². The predicted molar refractivity (Wildman–Crippen MR) is 59.8 cm³/mol. The molecule has 0 aliphatic carbocycles. The first-order chi connectivity index (χ1) is 11.6. The highest BCUT2D eigenvalue weighted by Gasteiger charge is 2.33. The van der Waals surface area contributed by atoms with Gasteiger partial charge >= 0.3 is 0 Å². The van der Waals surface area contributed by atoms with Crippen molar-refractivity contribution < 1.29 is 54.5 Å². The maximum absolute atomic E-state index is 13.5. The summed E-state index contributed by atoms with van der Waals surface area (Å²) in [5.41, 5.74) is -3.77. The van der Waals surface area contributed by atoms with Gasteiger partial charge in [-0.15, -0.1) is 0 Å². The molecule has 0 amide bonds. The Kier molecular flexibility index (Phi) is 6.19. The van der Waals surface area contributed by atoms with E-state index in [1.54, 1.807) is 0 Å².